The number of amides is 1. The van der Waals surface area contributed by atoms with Crippen LogP contribution in [-0.4, -0.2) is 29.4 Å². The molecule has 1 heterocycles. The third kappa shape index (κ3) is 4.55. The normalized spacial score (nSPS) is 12.2. The lowest BCUT2D eigenvalue weighted by atomic mass is 10.2. The number of nitrogens with two attached hydrogens (primary N) is 1. The van der Waals surface area contributed by atoms with E-state index in [1.54, 1.807) is 24.0 Å². The van der Waals surface area contributed by atoms with Gasteiger partial charge in [-0.15, -0.1) is 0 Å². The van der Waals surface area contributed by atoms with Gasteiger partial charge in [0.2, 0.25) is 0 Å². The van der Waals surface area contributed by atoms with Crippen molar-refractivity contribution in [3.05, 3.63) is 22.3 Å². The zero-order valence-corrected chi connectivity index (χ0v) is 12.3. The van der Waals surface area contributed by atoms with Crippen LogP contribution in [0.2, 0.25) is 0 Å². The van der Waals surface area contributed by atoms with Gasteiger partial charge in [-0.05, 0) is 39.9 Å². The molecule has 1 aromatic heterocycles. The minimum atomic E-state index is -0.177. The molecule has 1 atom stereocenters. The molecule has 0 bridgehead atoms. The smallest absolute Gasteiger partial charge is 0.255 e. The van der Waals surface area contributed by atoms with Gasteiger partial charge >= 0.3 is 0 Å². The maximum atomic E-state index is 11.9. The SMILES string of the molecule is CSCC(C)CNC(=O)c1cc(Br)cnc1N. The lowest BCUT2D eigenvalue weighted by molar-refractivity contribution is 0.0950. The zero-order valence-electron chi connectivity index (χ0n) is 9.87. The number of anilines is 1. The number of carbonyl (C=O) groups is 1. The largest absolute Gasteiger partial charge is 0.383 e. The van der Waals surface area contributed by atoms with Crippen LogP contribution in [0.15, 0.2) is 16.7 Å². The first kappa shape index (κ1) is 14.3. The summed E-state index contributed by atoms with van der Waals surface area (Å²) in [6.07, 6.45) is 3.62. The Kier molecular flexibility index (Phi) is 5.77. The van der Waals surface area contributed by atoms with Gasteiger partial charge in [0.15, 0.2) is 0 Å². The molecule has 3 N–H and O–H groups in total. The monoisotopic (exact) mass is 317 g/mol. The summed E-state index contributed by atoms with van der Waals surface area (Å²) in [5.74, 6) is 1.54. The second kappa shape index (κ2) is 6.86. The Balaban J connectivity index is 2.61. The third-order valence-corrected chi connectivity index (χ3v) is 3.53. The first-order valence-electron chi connectivity index (χ1n) is 5.22. The molecule has 1 amide bonds. The highest BCUT2D eigenvalue weighted by Gasteiger charge is 2.12. The van der Waals surface area contributed by atoms with E-state index in [4.69, 9.17) is 5.73 Å². The van der Waals surface area contributed by atoms with Gasteiger partial charge in [-0.3, -0.25) is 4.79 Å². The highest BCUT2D eigenvalue weighted by atomic mass is 79.9. The summed E-state index contributed by atoms with van der Waals surface area (Å²) in [4.78, 5) is 15.8. The van der Waals surface area contributed by atoms with Crippen molar-refractivity contribution >= 4 is 39.4 Å². The van der Waals surface area contributed by atoms with Crippen LogP contribution >= 0.6 is 27.7 Å². The molecule has 94 valence electrons. The van der Waals surface area contributed by atoms with Gasteiger partial charge in [0.1, 0.15) is 5.82 Å². The first-order chi connectivity index (χ1) is 8.04. The molecule has 0 aliphatic carbocycles. The number of nitrogen functional groups attached to an aromatic ring is 1. The van der Waals surface area contributed by atoms with Crippen LogP contribution < -0.4 is 11.1 Å². The van der Waals surface area contributed by atoms with Crippen molar-refractivity contribution in [1.82, 2.24) is 10.3 Å². The van der Waals surface area contributed by atoms with Gasteiger partial charge in [0.25, 0.3) is 5.91 Å². The summed E-state index contributed by atoms with van der Waals surface area (Å²) in [5.41, 5.74) is 6.07. The molecule has 0 aromatic carbocycles. The average Bonchev–Trinajstić information content (AvgIpc) is 2.29. The molecule has 0 spiro atoms. The van der Waals surface area contributed by atoms with E-state index in [-0.39, 0.29) is 11.7 Å². The summed E-state index contributed by atoms with van der Waals surface area (Å²) in [6.45, 7) is 2.74. The Hall–Kier alpha value is -0.750. The highest BCUT2D eigenvalue weighted by molar-refractivity contribution is 9.10. The molecule has 0 aliphatic heterocycles. The van der Waals surface area contributed by atoms with E-state index in [1.807, 2.05) is 0 Å². The number of hydrogen-bond acceptors (Lipinski definition) is 4. The van der Waals surface area contributed by atoms with Gasteiger partial charge < -0.3 is 11.1 Å². The summed E-state index contributed by atoms with van der Waals surface area (Å²) >= 11 is 5.04. The van der Waals surface area contributed by atoms with Crippen LogP contribution in [0.25, 0.3) is 0 Å². The van der Waals surface area contributed by atoms with E-state index in [9.17, 15) is 4.79 Å². The van der Waals surface area contributed by atoms with Crippen molar-refractivity contribution in [3.8, 4) is 0 Å². The molecule has 4 nitrogen and oxygen atoms in total. The molecule has 1 aromatic rings. The van der Waals surface area contributed by atoms with Crippen molar-refractivity contribution in [3.63, 3.8) is 0 Å². The molecule has 1 unspecified atom stereocenters. The first-order valence-corrected chi connectivity index (χ1v) is 7.41. The van der Waals surface area contributed by atoms with Gasteiger partial charge in [-0.1, -0.05) is 6.92 Å². The number of carbonyl (C=O) groups excluding carboxylic acids is 1. The van der Waals surface area contributed by atoms with E-state index in [1.165, 1.54) is 0 Å². The van der Waals surface area contributed by atoms with Crippen LogP contribution in [-0.2, 0) is 0 Å². The summed E-state index contributed by atoms with van der Waals surface area (Å²) in [5, 5.41) is 2.86. The van der Waals surface area contributed by atoms with Gasteiger partial charge in [0.05, 0.1) is 5.56 Å². The van der Waals surface area contributed by atoms with Crippen molar-refractivity contribution in [1.29, 1.82) is 0 Å². The summed E-state index contributed by atoms with van der Waals surface area (Å²) in [6, 6.07) is 1.68. The molecule has 0 saturated heterocycles. The molecule has 0 fully saturated rings. The molecule has 17 heavy (non-hydrogen) atoms. The van der Waals surface area contributed by atoms with E-state index < -0.39 is 0 Å². The Labute approximate surface area is 114 Å². The van der Waals surface area contributed by atoms with Gasteiger partial charge in [-0.25, -0.2) is 4.98 Å². The van der Waals surface area contributed by atoms with Gasteiger partial charge in [0, 0.05) is 17.2 Å². The standard InChI is InChI=1S/C11H16BrN3OS/c1-7(6-17-2)4-15-11(16)9-3-8(12)5-14-10(9)13/h3,5,7H,4,6H2,1-2H3,(H2,13,14)(H,15,16). The predicted molar refractivity (Wildman–Crippen MR) is 76.2 cm³/mol. The highest BCUT2D eigenvalue weighted by Crippen LogP contribution is 2.15. The third-order valence-electron chi connectivity index (χ3n) is 2.19. The Morgan fingerprint density at radius 2 is 2.41 bits per heavy atom. The second-order valence-electron chi connectivity index (χ2n) is 3.86. The Bertz CT molecular complexity index is 400. The van der Waals surface area contributed by atoms with Crippen LogP contribution in [0.4, 0.5) is 5.82 Å². The summed E-state index contributed by atoms with van der Waals surface area (Å²) < 4.78 is 0.744. The number of thioether (sulfide) groups is 1. The number of rotatable bonds is 5. The number of pyridine rings is 1. The molecular formula is C11H16BrN3OS. The van der Waals surface area contributed by atoms with Crippen LogP contribution in [0.5, 0.6) is 0 Å². The lowest BCUT2D eigenvalue weighted by Gasteiger charge is -2.12. The zero-order chi connectivity index (χ0) is 12.8. The fourth-order valence-corrected chi connectivity index (χ4v) is 2.36. The van der Waals surface area contributed by atoms with E-state index in [0.717, 1.165) is 10.2 Å². The minimum Gasteiger partial charge on any atom is -0.383 e. The number of aromatic nitrogens is 1. The van der Waals surface area contributed by atoms with E-state index >= 15 is 0 Å². The van der Waals surface area contributed by atoms with Gasteiger partial charge in [-0.2, -0.15) is 11.8 Å². The van der Waals surface area contributed by atoms with Crippen molar-refractivity contribution in [2.75, 3.05) is 24.3 Å². The number of halogens is 1. The molecular weight excluding hydrogens is 302 g/mol. The lowest BCUT2D eigenvalue weighted by Crippen LogP contribution is -2.29. The summed E-state index contributed by atoms with van der Waals surface area (Å²) in [7, 11) is 0. The molecule has 0 radical (unpaired) electrons. The van der Waals surface area contributed by atoms with Crippen molar-refractivity contribution < 1.29 is 4.79 Å². The maximum Gasteiger partial charge on any atom is 0.255 e. The van der Waals surface area contributed by atoms with Crippen LogP contribution in [0, 0.1) is 5.92 Å². The fraction of sp³-hybridized carbons (Fsp3) is 0.455. The second-order valence-corrected chi connectivity index (χ2v) is 5.68. The molecule has 1 rings (SSSR count). The van der Waals surface area contributed by atoms with Crippen LogP contribution in [0.3, 0.4) is 0 Å². The predicted octanol–water partition coefficient (Wildman–Crippen LogP) is 2.16. The molecule has 0 aliphatic rings. The molecule has 0 saturated carbocycles. The van der Waals surface area contributed by atoms with Crippen molar-refractivity contribution in [2.45, 2.75) is 6.92 Å². The number of nitrogens with zero attached hydrogens (tertiary/aromatic N) is 1. The average molecular weight is 318 g/mol. The fourth-order valence-electron chi connectivity index (χ4n) is 1.34. The molecule has 6 heteroatoms. The Morgan fingerprint density at radius 3 is 3.06 bits per heavy atom. The Morgan fingerprint density at radius 1 is 1.71 bits per heavy atom. The topological polar surface area (TPSA) is 68.0 Å². The quantitative estimate of drug-likeness (QED) is 0.873. The van der Waals surface area contributed by atoms with E-state index in [0.29, 0.717) is 18.0 Å². The number of hydrogen-bond donors (Lipinski definition) is 2. The van der Waals surface area contributed by atoms with Crippen molar-refractivity contribution in [2.24, 2.45) is 5.92 Å². The maximum absolute atomic E-state index is 11.9. The number of nitrogens with one attached hydrogen (secondary N) is 1. The minimum absolute atomic E-state index is 0.177. The van der Waals surface area contributed by atoms with Crippen LogP contribution in [0.1, 0.15) is 17.3 Å². The van der Waals surface area contributed by atoms with E-state index in [2.05, 4.69) is 39.4 Å².